The molecule has 2 aliphatic heterocycles. The van der Waals surface area contributed by atoms with Gasteiger partial charge in [0.25, 0.3) is 0 Å². The lowest BCUT2D eigenvalue weighted by Crippen LogP contribution is -2.33. The Labute approximate surface area is 277 Å². The number of ether oxygens (including phenoxy) is 2. The molecule has 0 aromatic carbocycles. The zero-order valence-corrected chi connectivity index (χ0v) is 28.2. The first-order chi connectivity index (χ1) is 23.2. The van der Waals surface area contributed by atoms with Crippen molar-refractivity contribution in [2.75, 3.05) is 24.7 Å². The molecule has 11 atom stereocenters. The number of aliphatic hydroxyl groups is 3. The van der Waals surface area contributed by atoms with Gasteiger partial charge in [0.05, 0.1) is 25.6 Å². The van der Waals surface area contributed by atoms with Gasteiger partial charge in [-0.2, -0.15) is 17.9 Å². The summed E-state index contributed by atoms with van der Waals surface area (Å²) in [5, 5.41) is 31.0. The van der Waals surface area contributed by atoms with E-state index in [0.717, 1.165) is 21.8 Å². The number of imidazole rings is 1. The first-order valence-corrected chi connectivity index (χ1v) is 19.5. The van der Waals surface area contributed by atoms with E-state index in [4.69, 9.17) is 20.9 Å². The van der Waals surface area contributed by atoms with Gasteiger partial charge in [0.2, 0.25) is 0 Å². The number of anilines is 2. The lowest BCUT2D eigenvalue weighted by molar-refractivity contribution is -0.0503. The zero-order valence-electron chi connectivity index (χ0n) is 24.6. The molecule has 31 heteroatoms. The van der Waals surface area contributed by atoms with E-state index >= 15 is 0 Å². The predicted molar refractivity (Wildman–Crippen MR) is 158 cm³/mol. The Morgan fingerprint density at radius 3 is 2.04 bits per heavy atom. The summed E-state index contributed by atoms with van der Waals surface area (Å²) in [7, 11) is -23.7. The summed E-state index contributed by atoms with van der Waals surface area (Å²) >= 11 is 0. The SMILES string of the molecule is Nc1ccn([C@H]2CC(O)[C@@H](COP(=O)(O)OP(=O)(O)OP(=O)(O)OP(=O)(O)OC[C@H]3O[C@@H](n4cnc5c(N)ncnc54)C(O)[C@H]3O)O2)c(=O)n1. The number of phosphoric acid groups is 4. The molecule has 2 aliphatic rings. The summed E-state index contributed by atoms with van der Waals surface area (Å²) in [6.45, 7) is -2.10. The number of nitrogens with two attached hydrogens (primary N) is 2. The third-order valence-electron chi connectivity index (χ3n) is 6.79. The van der Waals surface area contributed by atoms with Crippen molar-refractivity contribution in [1.29, 1.82) is 0 Å². The Kier molecular flexibility index (Phi) is 11.1. The van der Waals surface area contributed by atoms with Crippen LogP contribution in [0, 0.1) is 0 Å². The number of nitrogens with zero attached hydrogens (tertiary/aromatic N) is 6. The highest BCUT2D eigenvalue weighted by atomic mass is 31.3. The highest BCUT2D eigenvalue weighted by Gasteiger charge is 2.49. The quantitative estimate of drug-likeness (QED) is 0.0796. The average molecular weight is 796 g/mol. The molecule has 6 unspecified atom stereocenters. The van der Waals surface area contributed by atoms with Gasteiger partial charge in [-0.3, -0.25) is 18.2 Å². The van der Waals surface area contributed by atoms with E-state index in [1.165, 1.54) is 12.3 Å². The van der Waals surface area contributed by atoms with Gasteiger partial charge in [-0.05, 0) is 6.07 Å². The van der Waals surface area contributed by atoms with Crippen LogP contribution in [0.25, 0.3) is 11.2 Å². The number of nitrogen functional groups attached to an aromatic ring is 2. The second-order valence-electron chi connectivity index (χ2n) is 10.3. The van der Waals surface area contributed by atoms with Gasteiger partial charge < -0.3 is 55.8 Å². The normalized spacial score (nSPS) is 30.4. The number of aromatic nitrogens is 6. The summed E-state index contributed by atoms with van der Waals surface area (Å²) in [6, 6.07) is 1.26. The fraction of sp³-hybridized carbons (Fsp3) is 0.526. The minimum absolute atomic E-state index is 0.0107. The van der Waals surface area contributed by atoms with Crippen LogP contribution >= 0.6 is 31.3 Å². The van der Waals surface area contributed by atoms with Gasteiger partial charge >= 0.3 is 37.0 Å². The van der Waals surface area contributed by atoms with Gasteiger partial charge in [-0.25, -0.2) is 38.0 Å². The molecule has 0 amide bonds. The highest BCUT2D eigenvalue weighted by Crippen LogP contribution is 2.71. The highest BCUT2D eigenvalue weighted by molar-refractivity contribution is 7.69. The molecule has 278 valence electrons. The fourth-order valence-electron chi connectivity index (χ4n) is 4.64. The average Bonchev–Trinajstić information content (AvgIpc) is 3.65. The van der Waals surface area contributed by atoms with Crippen molar-refractivity contribution in [2.45, 2.75) is 49.4 Å². The summed E-state index contributed by atoms with van der Waals surface area (Å²) in [5.74, 6) is -0.105. The van der Waals surface area contributed by atoms with Crippen molar-refractivity contribution < 1.29 is 84.6 Å². The van der Waals surface area contributed by atoms with Crippen LogP contribution in [-0.2, 0) is 49.7 Å². The number of rotatable bonds is 14. The van der Waals surface area contributed by atoms with Gasteiger partial charge in [0, 0.05) is 12.6 Å². The molecule has 0 spiro atoms. The van der Waals surface area contributed by atoms with Crippen molar-refractivity contribution in [3.05, 3.63) is 35.4 Å². The van der Waals surface area contributed by atoms with Gasteiger partial charge in [0.15, 0.2) is 17.7 Å². The van der Waals surface area contributed by atoms with E-state index in [1.54, 1.807) is 0 Å². The summed E-state index contributed by atoms with van der Waals surface area (Å²) < 4.78 is 82.7. The molecule has 5 rings (SSSR count). The monoisotopic (exact) mass is 796 g/mol. The third-order valence-corrected chi connectivity index (χ3v) is 12.7. The molecule has 27 nitrogen and oxygen atoms in total. The Hall–Kier alpha value is -2.61. The Bertz CT molecular complexity index is 1980. The number of hydrogen-bond donors (Lipinski definition) is 9. The lowest BCUT2D eigenvalue weighted by atomic mass is 10.1. The van der Waals surface area contributed by atoms with Crippen LogP contribution in [0.5, 0.6) is 0 Å². The maximum atomic E-state index is 12.4. The van der Waals surface area contributed by atoms with E-state index < -0.39 is 93.2 Å². The summed E-state index contributed by atoms with van der Waals surface area (Å²) in [6.07, 6.45) is -7.22. The minimum atomic E-state index is -6.16. The summed E-state index contributed by atoms with van der Waals surface area (Å²) in [4.78, 5) is 66.6. The van der Waals surface area contributed by atoms with Crippen molar-refractivity contribution >= 4 is 54.1 Å². The van der Waals surface area contributed by atoms with E-state index in [9.17, 15) is 57.9 Å². The topological polar surface area (TPSA) is 405 Å². The van der Waals surface area contributed by atoms with Crippen LogP contribution in [0.2, 0.25) is 0 Å². The van der Waals surface area contributed by atoms with Crippen molar-refractivity contribution in [2.24, 2.45) is 0 Å². The molecule has 0 aliphatic carbocycles. The second-order valence-corrected chi connectivity index (χ2v) is 16.5. The molecule has 2 fully saturated rings. The number of fused-ring (bicyclic) bond motifs is 1. The molecule has 2 saturated heterocycles. The second kappa shape index (κ2) is 14.4. The summed E-state index contributed by atoms with van der Waals surface area (Å²) in [5.41, 5.74) is 10.5. The number of aliphatic hydroxyl groups excluding tert-OH is 3. The lowest BCUT2D eigenvalue weighted by Gasteiger charge is -2.21. The van der Waals surface area contributed by atoms with Gasteiger partial charge in [0.1, 0.15) is 48.3 Å². The Morgan fingerprint density at radius 2 is 1.42 bits per heavy atom. The zero-order chi connectivity index (χ0) is 36.8. The largest absolute Gasteiger partial charge is 0.490 e. The number of hydrogen-bond acceptors (Lipinski definition) is 21. The fourth-order valence-corrected chi connectivity index (χ4v) is 9.59. The molecule has 0 bridgehead atoms. The maximum Gasteiger partial charge on any atom is 0.490 e. The first-order valence-electron chi connectivity index (χ1n) is 13.5. The molecule has 0 radical (unpaired) electrons. The minimum Gasteiger partial charge on any atom is -0.390 e. The van der Waals surface area contributed by atoms with E-state index in [-0.39, 0.29) is 29.2 Å². The van der Waals surface area contributed by atoms with Gasteiger partial charge in [-0.1, -0.05) is 0 Å². The molecule has 3 aromatic heterocycles. The third kappa shape index (κ3) is 9.05. The van der Waals surface area contributed by atoms with Crippen molar-refractivity contribution in [1.82, 2.24) is 29.1 Å². The van der Waals surface area contributed by atoms with Crippen LogP contribution in [0.1, 0.15) is 18.9 Å². The first kappa shape index (κ1) is 38.6. The van der Waals surface area contributed by atoms with Crippen LogP contribution in [-0.4, -0.2) is 108 Å². The maximum absolute atomic E-state index is 12.4. The molecule has 3 aromatic rings. The molecule has 5 heterocycles. The van der Waals surface area contributed by atoms with E-state index in [0.29, 0.717) is 0 Å². The van der Waals surface area contributed by atoms with Crippen LogP contribution < -0.4 is 17.2 Å². The van der Waals surface area contributed by atoms with Crippen LogP contribution in [0.15, 0.2) is 29.7 Å². The van der Waals surface area contributed by atoms with E-state index in [1.807, 2.05) is 0 Å². The van der Waals surface area contributed by atoms with Crippen LogP contribution in [0.3, 0.4) is 0 Å². The van der Waals surface area contributed by atoms with Crippen LogP contribution in [0.4, 0.5) is 11.6 Å². The number of phosphoric ester groups is 2. The molecular weight excluding hydrogens is 768 g/mol. The smallest absolute Gasteiger partial charge is 0.390 e. The van der Waals surface area contributed by atoms with Crippen molar-refractivity contribution in [3.63, 3.8) is 0 Å². The predicted octanol–water partition coefficient (Wildman–Crippen LogP) is -2.00. The molecular formula is C19H28N8O19P4. The molecule has 11 N–H and O–H groups in total. The van der Waals surface area contributed by atoms with E-state index in [2.05, 4.69) is 41.9 Å². The Morgan fingerprint density at radius 1 is 0.820 bits per heavy atom. The standard InChI is InChI=1S/C19H28N8O19P4/c20-11-1-2-26(19(31)25-11)12-3-8(28)9(42-12)4-40-47(32,33)44-49(36,37)46-50(38,39)45-48(34,35)41-5-10-14(29)15(30)18(43-10)27-7-24-13-16(21)22-6-23-17(13)27/h1-2,6-10,12,14-15,18,28-30H,3-5H2,(H,32,33)(H,34,35)(H,36,37)(H,38,39)(H2,20,25,31)(H2,21,22,23)/t8?,9-,10-,12-,14+,15?,18-/m1/s1. The Balaban J connectivity index is 1.12. The molecule has 0 saturated carbocycles. The van der Waals surface area contributed by atoms with Crippen molar-refractivity contribution in [3.8, 4) is 0 Å². The molecule has 50 heavy (non-hydrogen) atoms. The van der Waals surface area contributed by atoms with Gasteiger partial charge in [-0.15, -0.1) is 0 Å².